The molecule has 0 radical (unpaired) electrons. The van der Waals surface area contributed by atoms with Crippen molar-refractivity contribution >= 4 is 5.96 Å². The molecule has 162 valence electrons. The molecule has 0 spiro atoms. The molecule has 3 rings (SSSR count). The number of methoxy groups -OCH3 is 1. The molecule has 1 aromatic carbocycles. The highest BCUT2D eigenvalue weighted by Gasteiger charge is 2.32. The van der Waals surface area contributed by atoms with E-state index in [2.05, 4.69) is 65.7 Å². The molecule has 2 atom stereocenters. The molecule has 0 aromatic heterocycles. The minimum Gasteiger partial charge on any atom is -0.497 e. The van der Waals surface area contributed by atoms with Crippen LogP contribution in [0, 0.1) is 5.92 Å². The molecule has 6 heteroatoms. The number of guanidine groups is 1. The SMILES string of the molecule is CCNC(=NCC(C1CC1)N(C)C)NCC(c1ccc(OC)cc1)N1CCCC1. The quantitative estimate of drug-likeness (QED) is 0.466. The average Bonchev–Trinajstić information content (AvgIpc) is 3.41. The minimum absolute atomic E-state index is 0.348. The molecule has 1 saturated carbocycles. The fourth-order valence-corrected chi connectivity index (χ4v) is 4.27. The van der Waals surface area contributed by atoms with E-state index in [0.29, 0.717) is 12.1 Å². The highest BCUT2D eigenvalue weighted by Crippen LogP contribution is 2.34. The van der Waals surface area contributed by atoms with E-state index in [4.69, 9.17) is 9.73 Å². The predicted molar refractivity (Wildman–Crippen MR) is 121 cm³/mol. The lowest BCUT2D eigenvalue weighted by atomic mass is 10.1. The van der Waals surface area contributed by atoms with Crippen LogP contribution in [0.4, 0.5) is 0 Å². The van der Waals surface area contributed by atoms with Crippen LogP contribution in [-0.4, -0.2) is 75.7 Å². The van der Waals surface area contributed by atoms with Gasteiger partial charge < -0.3 is 20.3 Å². The van der Waals surface area contributed by atoms with Crippen molar-refractivity contribution in [2.24, 2.45) is 10.9 Å². The smallest absolute Gasteiger partial charge is 0.191 e. The number of hydrogen-bond acceptors (Lipinski definition) is 4. The summed E-state index contributed by atoms with van der Waals surface area (Å²) in [5, 5.41) is 7.06. The number of rotatable bonds is 10. The zero-order chi connectivity index (χ0) is 20.6. The monoisotopic (exact) mass is 401 g/mol. The number of aliphatic imine (C=N–C) groups is 1. The maximum Gasteiger partial charge on any atom is 0.191 e. The maximum absolute atomic E-state index is 5.34. The first-order valence-electron chi connectivity index (χ1n) is 11.2. The van der Waals surface area contributed by atoms with E-state index in [1.54, 1.807) is 7.11 Å². The second-order valence-electron chi connectivity index (χ2n) is 8.50. The molecule has 2 unspecified atom stereocenters. The Morgan fingerprint density at radius 1 is 1.17 bits per heavy atom. The molecule has 0 amide bonds. The molecule has 1 heterocycles. The zero-order valence-corrected chi connectivity index (χ0v) is 18.7. The Morgan fingerprint density at radius 3 is 2.41 bits per heavy atom. The van der Waals surface area contributed by atoms with Gasteiger partial charge in [0.1, 0.15) is 5.75 Å². The van der Waals surface area contributed by atoms with Gasteiger partial charge in [0, 0.05) is 19.1 Å². The van der Waals surface area contributed by atoms with Crippen molar-refractivity contribution in [2.75, 3.05) is 53.9 Å². The summed E-state index contributed by atoms with van der Waals surface area (Å²) in [6, 6.07) is 9.41. The topological polar surface area (TPSA) is 52.1 Å². The summed E-state index contributed by atoms with van der Waals surface area (Å²) in [6.07, 6.45) is 5.26. The van der Waals surface area contributed by atoms with Gasteiger partial charge in [0.15, 0.2) is 5.96 Å². The van der Waals surface area contributed by atoms with Crippen molar-refractivity contribution in [1.82, 2.24) is 20.4 Å². The van der Waals surface area contributed by atoms with Crippen LogP contribution in [0.25, 0.3) is 0 Å². The maximum atomic E-state index is 5.34. The number of nitrogens with zero attached hydrogens (tertiary/aromatic N) is 3. The van der Waals surface area contributed by atoms with Gasteiger partial charge in [-0.25, -0.2) is 0 Å². The first-order valence-corrected chi connectivity index (χ1v) is 11.2. The van der Waals surface area contributed by atoms with Gasteiger partial charge in [-0.3, -0.25) is 9.89 Å². The number of nitrogens with one attached hydrogen (secondary N) is 2. The molecule has 6 nitrogen and oxygen atoms in total. The van der Waals surface area contributed by atoms with E-state index >= 15 is 0 Å². The number of likely N-dealkylation sites (N-methyl/N-ethyl adjacent to an activating group) is 1. The van der Waals surface area contributed by atoms with Gasteiger partial charge >= 0.3 is 0 Å². The normalized spacial score (nSPS) is 20.0. The fourth-order valence-electron chi connectivity index (χ4n) is 4.27. The molecular weight excluding hydrogens is 362 g/mol. The largest absolute Gasteiger partial charge is 0.497 e. The van der Waals surface area contributed by atoms with Gasteiger partial charge in [-0.15, -0.1) is 0 Å². The number of likely N-dealkylation sites (tertiary alicyclic amines) is 1. The Morgan fingerprint density at radius 2 is 1.86 bits per heavy atom. The molecule has 2 N–H and O–H groups in total. The van der Waals surface area contributed by atoms with Crippen molar-refractivity contribution in [3.8, 4) is 5.75 Å². The van der Waals surface area contributed by atoms with Crippen LogP contribution >= 0.6 is 0 Å². The fraction of sp³-hybridized carbons (Fsp3) is 0.696. The predicted octanol–water partition coefficient (Wildman–Crippen LogP) is 2.73. The third kappa shape index (κ3) is 6.34. The molecule has 1 aliphatic heterocycles. The Bertz CT molecular complexity index is 633. The van der Waals surface area contributed by atoms with Crippen LogP contribution < -0.4 is 15.4 Å². The van der Waals surface area contributed by atoms with Crippen LogP contribution in [0.2, 0.25) is 0 Å². The summed E-state index contributed by atoms with van der Waals surface area (Å²) in [5.41, 5.74) is 1.33. The summed E-state index contributed by atoms with van der Waals surface area (Å²) in [5.74, 6) is 2.65. The molecule has 2 fully saturated rings. The molecular formula is C23H39N5O. The van der Waals surface area contributed by atoms with Crippen molar-refractivity contribution in [3.63, 3.8) is 0 Å². The number of ether oxygens (including phenoxy) is 1. The molecule has 1 saturated heterocycles. The lowest BCUT2D eigenvalue weighted by molar-refractivity contribution is 0.245. The highest BCUT2D eigenvalue weighted by atomic mass is 16.5. The summed E-state index contributed by atoms with van der Waals surface area (Å²) >= 11 is 0. The molecule has 2 aliphatic rings. The van der Waals surface area contributed by atoms with Crippen molar-refractivity contribution in [3.05, 3.63) is 29.8 Å². The van der Waals surface area contributed by atoms with Crippen LogP contribution in [0.15, 0.2) is 29.3 Å². The molecule has 1 aliphatic carbocycles. The summed E-state index contributed by atoms with van der Waals surface area (Å²) in [7, 11) is 6.06. The van der Waals surface area contributed by atoms with Crippen LogP contribution in [0.3, 0.4) is 0 Å². The van der Waals surface area contributed by atoms with Crippen molar-refractivity contribution in [2.45, 2.75) is 44.7 Å². The number of hydrogen-bond donors (Lipinski definition) is 2. The lowest BCUT2D eigenvalue weighted by Gasteiger charge is -2.29. The van der Waals surface area contributed by atoms with E-state index in [1.165, 1.54) is 31.2 Å². The van der Waals surface area contributed by atoms with E-state index in [1.807, 2.05) is 0 Å². The molecule has 29 heavy (non-hydrogen) atoms. The Kier molecular flexibility index (Phi) is 8.19. The van der Waals surface area contributed by atoms with Crippen LogP contribution in [0.1, 0.15) is 44.2 Å². The van der Waals surface area contributed by atoms with Crippen molar-refractivity contribution in [1.29, 1.82) is 0 Å². The third-order valence-electron chi connectivity index (χ3n) is 6.15. The van der Waals surface area contributed by atoms with E-state index in [9.17, 15) is 0 Å². The Labute approximate surface area is 176 Å². The standard InChI is InChI=1S/C23H39N5O/c1-5-24-23(25-16-21(27(2)3)18-8-9-18)26-17-22(28-14-6-7-15-28)19-10-12-20(29-4)13-11-19/h10-13,18,21-22H,5-9,14-17H2,1-4H3,(H2,24,25,26). The van der Waals surface area contributed by atoms with Crippen LogP contribution in [0.5, 0.6) is 5.75 Å². The second kappa shape index (κ2) is 10.8. The minimum atomic E-state index is 0.348. The zero-order valence-electron chi connectivity index (χ0n) is 18.7. The van der Waals surface area contributed by atoms with Crippen molar-refractivity contribution < 1.29 is 4.74 Å². The first-order chi connectivity index (χ1) is 14.1. The van der Waals surface area contributed by atoms with Crippen LogP contribution in [-0.2, 0) is 0 Å². The van der Waals surface area contributed by atoms with E-state index < -0.39 is 0 Å². The van der Waals surface area contributed by atoms with Gasteiger partial charge in [-0.05, 0) is 83.4 Å². The molecule has 1 aromatic rings. The van der Waals surface area contributed by atoms with Gasteiger partial charge in [0.25, 0.3) is 0 Å². The average molecular weight is 402 g/mol. The number of benzene rings is 1. The van der Waals surface area contributed by atoms with Gasteiger partial charge in [-0.2, -0.15) is 0 Å². The Hall–Kier alpha value is -1.79. The van der Waals surface area contributed by atoms with Gasteiger partial charge in [0.2, 0.25) is 0 Å². The molecule has 0 bridgehead atoms. The summed E-state index contributed by atoms with van der Waals surface area (Å²) in [6.45, 7) is 7.03. The highest BCUT2D eigenvalue weighted by molar-refractivity contribution is 5.79. The summed E-state index contributed by atoms with van der Waals surface area (Å²) < 4.78 is 5.34. The first kappa shape index (κ1) is 21.9. The van der Waals surface area contributed by atoms with E-state index in [0.717, 1.165) is 50.4 Å². The van der Waals surface area contributed by atoms with Gasteiger partial charge in [-0.1, -0.05) is 12.1 Å². The van der Waals surface area contributed by atoms with E-state index in [-0.39, 0.29) is 0 Å². The summed E-state index contributed by atoms with van der Waals surface area (Å²) in [4.78, 5) is 9.85. The third-order valence-corrected chi connectivity index (χ3v) is 6.15. The lowest BCUT2D eigenvalue weighted by Crippen LogP contribution is -2.43. The second-order valence-corrected chi connectivity index (χ2v) is 8.50. The van der Waals surface area contributed by atoms with Gasteiger partial charge in [0.05, 0.1) is 19.7 Å². The Balaban J connectivity index is 1.66.